The van der Waals surface area contributed by atoms with Crippen LogP contribution in [0, 0.1) is 5.92 Å². The zero-order valence-electron chi connectivity index (χ0n) is 12.0. The van der Waals surface area contributed by atoms with Crippen LogP contribution in [-0.4, -0.2) is 22.2 Å². The zero-order chi connectivity index (χ0) is 14.0. The van der Waals surface area contributed by atoms with Crippen LogP contribution in [0.1, 0.15) is 32.6 Å². The van der Waals surface area contributed by atoms with E-state index in [0.29, 0.717) is 5.92 Å². The van der Waals surface area contributed by atoms with Crippen molar-refractivity contribution in [2.24, 2.45) is 5.92 Å². The summed E-state index contributed by atoms with van der Waals surface area (Å²) in [7, 11) is 0. The SMILES string of the molecule is CC1CCCC(CO)(Nc2ccnc3ccccc23)C1. The zero-order valence-corrected chi connectivity index (χ0v) is 12.0. The summed E-state index contributed by atoms with van der Waals surface area (Å²) in [6.07, 6.45) is 6.34. The Bertz CT molecular complexity index is 593. The summed E-state index contributed by atoms with van der Waals surface area (Å²) in [6, 6.07) is 10.2. The Kier molecular flexibility index (Phi) is 3.62. The molecule has 2 unspecified atom stereocenters. The fourth-order valence-electron chi connectivity index (χ4n) is 3.45. The van der Waals surface area contributed by atoms with Gasteiger partial charge in [0.2, 0.25) is 0 Å². The fraction of sp³-hybridized carbons (Fsp3) is 0.471. The van der Waals surface area contributed by atoms with Crippen LogP contribution in [0.2, 0.25) is 0 Å². The van der Waals surface area contributed by atoms with Crippen molar-refractivity contribution in [1.82, 2.24) is 4.98 Å². The smallest absolute Gasteiger partial charge is 0.0722 e. The molecule has 3 nitrogen and oxygen atoms in total. The maximum absolute atomic E-state index is 9.91. The van der Waals surface area contributed by atoms with Gasteiger partial charge in [0.1, 0.15) is 0 Å². The molecule has 0 bridgehead atoms. The second-order valence-electron chi connectivity index (χ2n) is 6.14. The Morgan fingerprint density at radius 1 is 1.35 bits per heavy atom. The highest BCUT2D eigenvalue weighted by Crippen LogP contribution is 2.36. The van der Waals surface area contributed by atoms with Crippen LogP contribution in [0.3, 0.4) is 0 Å². The average molecular weight is 270 g/mol. The van der Waals surface area contributed by atoms with E-state index in [9.17, 15) is 5.11 Å². The molecule has 0 spiro atoms. The predicted molar refractivity (Wildman–Crippen MR) is 82.8 cm³/mol. The van der Waals surface area contributed by atoms with Crippen LogP contribution < -0.4 is 5.32 Å². The minimum atomic E-state index is -0.179. The Balaban J connectivity index is 1.95. The number of nitrogens with zero attached hydrogens (tertiary/aromatic N) is 1. The monoisotopic (exact) mass is 270 g/mol. The molecule has 1 aromatic carbocycles. The van der Waals surface area contributed by atoms with Gasteiger partial charge in [-0.3, -0.25) is 4.98 Å². The molecule has 1 saturated carbocycles. The van der Waals surface area contributed by atoms with Gasteiger partial charge in [0.05, 0.1) is 17.7 Å². The van der Waals surface area contributed by atoms with Crippen LogP contribution in [0.5, 0.6) is 0 Å². The first-order chi connectivity index (χ1) is 9.72. The Morgan fingerprint density at radius 2 is 2.20 bits per heavy atom. The number of fused-ring (bicyclic) bond motifs is 1. The molecule has 1 aromatic heterocycles. The van der Waals surface area contributed by atoms with E-state index in [4.69, 9.17) is 0 Å². The van der Waals surface area contributed by atoms with E-state index in [2.05, 4.69) is 23.3 Å². The maximum Gasteiger partial charge on any atom is 0.0722 e. The molecular weight excluding hydrogens is 248 g/mol. The summed E-state index contributed by atoms with van der Waals surface area (Å²) in [5, 5.41) is 14.7. The average Bonchev–Trinajstić information content (AvgIpc) is 2.48. The van der Waals surface area contributed by atoms with Gasteiger partial charge in [-0.25, -0.2) is 0 Å². The summed E-state index contributed by atoms with van der Waals surface area (Å²) < 4.78 is 0. The topological polar surface area (TPSA) is 45.1 Å². The normalized spacial score (nSPS) is 26.6. The molecule has 3 rings (SSSR count). The van der Waals surface area contributed by atoms with Gasteiger partial charge < -0.3 is 10.4 Å². The lowest BCUT2D eigenvalue weighted by atomic mass is 9.76. The first-order valence-electron chi connectivity index (χ1n) is 7.45. The number of anilines is 1. The second kappa shape index (κ2) is 5.41. The number of aliphatic hydroxyl groups is 1. The summed E-state index contributed by atoms with van der Waals surface area (Å²) in [5.74, 6) is 0.663. The van der Waals surface area contributed by atoms with Gasteiger partial charge in [0, 0.05) is 17.3 Å². The van der Waals surface area contributed by atoms with Gasteiger partial charge >= 0.3 is 0 Å². The number of hydrogen-bond acceptors (Lipinski definition) is 3. The highest BCUT2D eigenvalue weighted by atomic mass is 16.3. The van der Waals surface area contributed by atoms with Crippen molar-refractivity contribution in [1.29, 1.82) is 0 Å². The molecule has 0 amide bonds. The molecule has 106 valence electrons. The van der Waals surface area contributed by atoms with Crippen molar-refractivity contribution >= 4 is 16.6 Å². The molecule has 20 heavy (non-hydrogen) atoms. The molecule has 3 heteroatoms. The molecule has 2 atom stereocenters. The standard InChI is InChI=1S/C17H22N2O/c1-13-5-4-9-17(11-13,12-20)19-16-8-10-18-15-7-3-2-6-14(15)16/h2-3,6-8,10,13,20H,4-5,9,11-12H2,1H3,(H,18,19). The lowest BCUT2D eigenvalue weighted by Gasteiger charge is -2.40. The van der Waals surface area contributed by atoms with Crippen LogP contribution in [0.4, 0.5) is 5.69 Å². The van der Waals surface area contributed by atoms with Gasteiger partial charge in [-0.05, 0) is 30.9 Å². The van der Waals surface area contributed by atoms with Crippen molar-refractivity contribution in [3.05, 3.63) is 36.5 Å². The van der Waals surface area contributed by atoms with Crippen molar-refractivity contribution in [3.8, 4) is 0 Å². The number of hydrogen-bond donors (Lipinski definition) is 2. The third-order valence-corrected chi connectivity index (χ3v) is 4.44. The Morgan fingerprint density at radius 3 is 3.00 bits per heavy atom. The van der Waals surface area contributed by atoms with Crippen molar-refractivity contribution < 1.29 is 5.11 Å². The third kappa shape index (κ3) is 2.50. The number of aliphatic hydroxyl groups excluding tert-OH is 1. The Labute approximate surface area is 120 Å². The molecule has 0 saturated heterocycles. The van der Waals surface area contributed by atoms with Crippen LogP contribution in [-0.2, 0) is 0 Å². The molecule has 2 N–H and O–H groups in total. The highest BCUT2D eigenvalue weighted by molar-refractivity contribution is 5.91. The van der Waals surface area contributed by atoms with Gasteiger partial charge in [-0.2, -0.15) is 0 Å². The lowest BCUT2D eigenvalue weighted by Crippen LogP contribution is -2.45. The van der Waals surface area contributed by atoms with Crippen LogP contribution >= 0.6 is 0 Å². The van der Waals surface area contributed by atoms with Gasteiger partial charge in [0.25, 0.3) is 0 Å². The van der Waals surface area contributed by atoms with Crippen molar-refractivity contribution in [2.75, 3.05) is 11.9 Å². The molecule has 1 aliphatic rings. The van der Waals surface area contributed by atoms with Gasteiger partial charge in [0.15, 0.2) is 0 Å². The number of rotatable bonds is 3. The molecule has 0 aliphatic heterocycles. The Hall–Kier alpha value is -1.61. The maximum atomic E-state index is 9.91. The number of benzene rings is 1. The molecule has 2 aromatic rings. The van der Waals surface area contributed by atoms with E-state index in [0.717, 1.165) is 29.4 Å². The van der Waals surface area contributed by atoms with E-state index in [1.165, 1.54) is 12.8 Å². The first kappa shape index (κ1) is 13.4. The second-order valence-corrected chi connectivity index (χ2v) is 6.14. The van der Waals surface area contributed by atoms with E-state index in [-0.39, 0.29) is 12.1 Å². The first-order valence-corrected chi connectivity index (χ1v) is 7.45. The van der Waals surface area contributed by atoms with Crippen molar-refractivity contribution in [3.63, 3.8) is 0 Å². The molecule has 0 radical (unpaired) electrons. The van der Waals surface area contributed by atoms with E-state index < -0.39 is 0 Å². The van der Waals surface area contributed by atoms with E-state index in [1.807, 2.05) is 30.5 Å². The van der Waals surface area contributed by atoms with Gasteiger partial charge in [-0.15, -0.1) is 0 Å². The quantitative estimate of drug-likeness (QED) is 0.896. The highest BCUT2D eigenvalue weighted by Gasteiger charge is 2.34. The molecular formula is C17H22N2O. The van der Waals surface area contributed by atoms with Crippen molar-refractivity contribution in [2.45, 2.75) is 38.1 Å². The molecule has 1 heterocycles. The lowest BCUT2D eigenvalue weighted by molar-refractivity contribution is 0.150. The predicted octanol–water partition coefficient (Wildman–Crippen LogP) is 3.59. The van der Waals surface area contributed by atoms with Crippen LogP contribution in [0.15, 0.2) is 36.5 Å². The van der Waals surface area contributed by atoms with E-state index >= 15 is 0 Å². The number of nitrogens with one attached hydrogen (secondary N) is 1. The van der Waals surface area contributed by atoms with Crippen LogP contribution in [0.25, 0.3) is 10.9 Å². The third-order valence-electron chi connectivity index (χ3n) is 4.44. The summed E-state index contributed by atoms with van der Waals surface area (Å²) in [4.78, 5) is 4.40. The number of pyridine rings is 1. The van der Waals surface area contributed by atoms with E-state index in [1.54, 1.807) is 0 Å². The minimum absolute atomic E-state index is 0.179. The molecule has 1 aliphatic carbocycles. The number of para-hydroxylation sites is 1. The summed E-state index contributed by atoms with van der Waals surface area (Å²) in [6.45, 7) is 2.46. The van der Waals surface area contributed by atoms with Gasteiger partial charge in [-0.1, -0.05) is 38.0 Å². The summed E-state index contributed by atoms with van der Waals surface area (Å²) in [5.41, 5.74) is 1.90. The number of aromatic nitrogens is 1. The fourth-order valence-corrected chi connectivity index (χ4v) is 3.45. The largest absolute Gasteiger partial charge is 0.394 e. The molecule has 1 fully saturated rings. The summed E-state index contributed by atoms with van der Waals surface area (Å²) >= 11 is 0. The minimum Gasteiger partial charge on any atom is -0.394 e.